The van der Waals surface area contributed by atoms with E-state index in [0.29, 0.717) is 10.0 Å². The predicted molar refractivity (Wildman–Crippen MR) is 118 cm³/mol. The highest BCUT2D eigenvalue weighted by Gasteiger charge is 2.17. The first-order valence-corrected chi connectivity index (χ1v) is 9.76. The summed E-state index contributed by atoms with van der Waals surface area (Å²) in [5, 5.41) is 1.42. The average Bonchev–Trinajstić information content (AvgIpc) is 2.60. The Balaban J connectivity index is 2.02. The first kappa shape index (κ1) is 21.3. The van der Waals surface area contributed by atoms with Crippen LogP contribution in [-0.2, 0) is 0 Å². The summed E-state index contributed by atoms with van der Waals surface area (Å²) in [6.07, 6.45) is 0. The molecule has 4 N–H and O–H groups in total. The molecule has 4 nitrogen and oxygen atoms in total. The van der Waals surface area contributed by atoms with Crippen LogP contribution in [0.15, 0.2) is 36.4 Å². The van der Waals surface area contributed by atoms with Crippen LogP contribution in [0.4, 0.5) is 11.4 Å². The van der Waals surface area contributed by atoms with Gasteiger partial charge >= 0.3 is 0 Å². The molecule has 0 saturated carbocycles. The maximum Gasteiger partial charge on any atom is 0.151 e. The third-order valence-electron chi connectivity index (χ3n) is 3.47. The summed E-state index contributed by atoms with van der Waals surface area (Å²) in [6, 6.07) is 8.95. The molecule has 0 bridgehead atoms. The first-order chi connectivity index (χ1) is 13.2. The van der Waals surface area contributed by atoms with Crippen molar-refractivity contribution < 1.29 is 9.47 Å². The zero-order chi connectivity index (χ0) is 20.6. The second-order valence-electron chi connectivity index (χ2n) is 5.53. The Morgan fingerprint density at radius 2 is 0.750 bits per heavy atom. The maximum atomic E-state index is 6.42. The molecule has 0 saturated heterocycles. The molecule has 0 unspecified atom stereocenters. The van der Waals surface area contributed by atoms with Gasteiger partial charge in [0.25, 0.3) is 0 Å². The molecule has 0 spiro atoms. The molecule has 0 aromatic heterocycles. The molecule has 0 aliphatic heterocycles. The standard InChI is InChI=1S/C18H10Cl6N2O2/c19-7-1-10(25)16(22)12(3-7)27-14-5-9(21)6-15(18(14)24)28-13-4-8(20)2-11(26)17(13)23/h1-6H,25-26H2. The fourth-order valence-electron chi connectivity index (χ4n) is 2.24. The van der Waals surface area contributed by atoms with Crippen LogP contribution in [0.25, 0.3) is 0 Å². The van der Waals surface area contributed by atoms with Gasteiger partial charge in [0.1, 0.15) is 26.6 Å². The topological polar surface area (TPSA) is 70.5 Å². The molecule has 28 heavy (non-hydrogen) atoms. The summed E-state index contributed by atoms with van der Waals surface area (Å²) in [5.74, 6) is 0.733. The third-order valence-corrected chi connectivity index (χ3v) is 5.31. The summed E-state index contributed by atoms with van der Waals surface area (Å²) in [6.45, 7) is 0. The lowest BCUT2D eigenvalue weighted by molar-refractivity contribution is 0.461. The van der Waals surface area contributed by atoms with Crippen molar-refractivity contribution in [2.45, 2.75) is 0 Å². The van der Waals surface area contributed by atoms with E-state index in [1.807, 2.05) is 0 Å². The average molecular weight is 499 g/mol. The number of benzene rings is 3. The fourth-order valence-corrected chi connectivity index (χ4v) is 3.36. The minimum Gasteiger partial charge on any atom is -0.454 e. The van der Waals surface area contributed by atoms with Gasteiger partial charge in [-0.1, -0.05) is 69.6 Å². The zero-order valence-electron chi connectivity index (χ0n) is 13.7. The number of nitrogen functional groups attached to an aromatic ring is 2. The van der Waals surface area contributed by atoms with Gasteiger partial charge in [-0.2, -0.15) is 0 Å². The predicted octanol–water partition coefficient (Wildman–Crippen LogP) is 8.36. The van der Waals surface area contributed by atoms with Crippen molar-refractivity contribution in [2.24, 2.45) is 0 Å². The summed E-state index contributed by atoms with van der Waals surface area (Å²) in [7, 11) is 0. The molecular weight excluding hydrogens is 489 g/mol. The van der Waals surface area contributed by atoms with Crippen LogP contribution in [0.1, 0.15) is 0 Å². The fraction of sp³-hybridized carbons (Fsp3) is 0. The Morgan fingerprint density at radius 3 is 1.11 bits per heavy atom. The van der Waals surface area contributed by atoms with Crippen LogP contribution < -0.4 is 20.9 Å². The molecule has 0 aliphatic rings. The molecule has 0 fully saturated rings. The highest BCUT2D eigenvalue weighted by atomic mass is 35.5. The molecule has 0 heterocycles. The van der Waals surface area contributed by atoms with Gasteiger partial charge in [0.2, 0.25) is 0 Å². The number of nitrogens with two attached hydrogens (primary N) is 2. The van der Waals surface area contributed by atoms with Crippen molar-refractivity contribution in [3.63, 3.8) is 0 Å². The summed E-state index contributed by atoms with van der Waals surface area (Å²) >= 11 is 36.9. The minimum absolute atomic E-state index is 0.105. The van der Waals surface area contributed by atoms with Crippen molar-refractivity contribution in [2.75, 3.05) is 11.5 Å². The van der Waals surface area contributed by atoms with Crippen LogP contribution in [0.2, 0.25) is 30.1 Å². The summed E-state index contributed by atoms with van der Waals surface area (Å²) in [5.41, 5.74) is 12.1. The van der Waals surface area contributed by atoms with E-state index >= 15 is 0 Å². The molecule has 3 aromatic rings. The zero-order valence-corrected chi connectivity index (χ0v) is 18.2. The number of rotatable bonds is 4. The van der Waals surface area contributed by atoms with Gasteiger partial charge in [-0.15, -0.1) is 0 Å². The second-order valence-corrected chi connectivity index (χ2v) is 7.98. The highest BCUT2D eigenvalue weighted by molar-refractivity contribution is 6.38. The van der Waals surface area contributed by atoms with Crippen molar-refractivity contribution in [1.29, 1.82) is 0 Å². The third kappa shape index (κ3) is 4.60. The normalized spacial score (nSPS) is 10.8. The van der Waals surface area contributed by atoms with Gasteiger partial charge < -0.3 is 20.9 Å². The molecule has 0 amide bonds. The van der Waals surface area contributed by atoms with Crippen molar-refractivity contribution in [3.8, 4) is 23.0 Å². The van der Waals surface area contributed by atoms with E-state index in [0.717, 1.165) is 0 Å². The largest absolute Gasteiger partial charge is 0.454 e. The Labute approximate surface area is 190 Å². The first-order valence-electron chi connectivity index (χ1n) is 7.49. The highest BCUT2D eigenvalue weighted by Crippen LogP contribution is 2.45. The van der Waals surface area contributed by atoms with Gasteiger partial charge in [0, 0.05) is 39.3 Å². The van der Waals surface area contributed by atoms with E-state index in [1.165, 1.54) is 36.4 Å². The van der Waals surface area contributed by atoms with Crippen LogP contribution in [0.3, 0.4) is 0 Å². The van der Waals surface area contributed by atoms with E-state index in [4.69, 9.17) is 90.5 Å². The lowest BCUT2D eigenvalue weighted by atomic mass is 10.2. The van der Waals surface area contributed by atoms with Crippen molar-refractivity contribution in [1.82, 2.24) is 0 Å². The van der Waals surface area contributed by atoms with Crippen LogP contribution >= 0.6 is 69.6 Å². The molecule has 0 radical (unpaired) electrons. The van der Waals surface area contributed by atoms with Crippen LogP contribution in [0, 0.1) is 0 Å². The monoisotopic (exact) mass is 496 g/mol. The number of hydrogen-bond acceptors (Lipinski definition) is 4. The molecule has 3 aromatic carbocycles. The lowest BCUT2D eigenvalue weighted by Crippen LogP contribution is -1.95. The molecule has 0 aliphatic carbocycles. The summed E-state index contributed by atoms with van der Waals surface area (Å²) in [4.78, 5) is 0. The maximum absolute atomic E-state index is 6.42. The molecule has 0 atom stereocenters. The van der Waals surface area contributed by atoms with Gasteiger partial charge in [-0.05, 0) is 12.1 Å². The van der Waals surface area contributed by atoms with Gasteiger partial charge in [-0.25, -0.2) is 0 Å². The van der Waals surface area contributed by atoms with E-state index in [9.17, 15) is 0 Å². The Morgan fingerprint density at radius 1 is 0.464 bits per heavy atom. The van der Waals surface area contributed by atoms with E-state index in [1.54, 1.807) is 0 Å². The summed E-state index contributed by atoms with van der Waals surface area (Å²) < 4.78 is 11.5. The van der Waals surface area contributed by atoms with Gasteiger partial charge in [0.05, 0.1) is 11.4 Å². The quantitative estimate of drug-likeness (QED) is 0.354. The smallest absolute Gasteiger partial charge is 0.151 e. The van der Waals surface area contributed by atoms with E-state index in [-0.39, 0.29) is 54.5 Å². The molecule has 10 heteroatoms. The van der Waals surface area contributed by atoms with Crippen molar-refractivity contribution in [3.05, 3.63) is 66.5 Å². The number of ether oxygens (including phenoxy) is 2. The second kappa shape index (κ2) is 8.54. The Hall–Kier alpha value is -1.40. The van der Waals surface area contributed by atoms with Crippen LogP contribution in [0.5, 0.6) is 23.0 Å². The Bertz CT molecular complexity index is 994. The van der Waals surface area contributed by atoms with E-state index in [2.05, 4.69) is 0 Å². The number of anilines is 2. The molecular formula is C18H10Cl6N2O2. The molecule has 3 rings (SSSR count). The number of hydrogen-bond donors (Lipinski definition) is 2. The molecule has 146 valence electrons. The van der Waals surface area contributed by atoms with Crippen molar-refractivity contribution >= 4 is 81.0 Å². The number of halogens is 6. The SMILES string of the molecule is Nc1cc(Cl)cc(Oc2cc(Cl)cc(Oc3cc(Cl)cc(N)c3Cl)c2Cl)c1Cl. The Kier molecular flexibility index (Phi) is 6.50. The van der Waals surface area contributed by atoms with Gasteiger partial charge in [0.15, 0.2) is 11.5 Å². The van der Waals surface area contributed by atoms with Crippen LogP contribution in [-0.4, -0.2) is 0 Å². The lowest BCUT2D eigenvalue weighted by Gasteiger charge is -2.15. The van der Waals surface area contributed by atoms with Gasteiger partial charge in [-0.3, -0.25) is 0 Å². The van der Waals surface area contributed by atoms with E-state index < -0.39 is 0 Å². The minimum atomic E-state index is 0.105.